The molecule has 1 aromatic carbocycles. The summed E-state index contributed by atoms with van der Waals surface area (Å²) in [5.74, 6) is 1.82. The van der Waals surface area contributed by atoms with Crippen molar-refractivity contribution in [1.82, 2.24) is 4.90 Å². The molecule has 3 fully saturated rings. The van der Waals surface area contributed by atoms with E-state index in [1.54, 1.807) is 0 Å². The molecular weight excluding hydrogens is 258 g/mol. The molecular formula is C19H27NO. The summed E-state index contributed by atoms with van der Waals surface area (Å²) in [5.41, 5.74) is 1.31. The molecule has 2 heteroatoms. The fourth-order valence-electron chi connectivity index (χ4n) is 4.77. The van der Waals surface area contributed by atoms with Crippen LogP contribution in [0.4, 0.5) is 0 Å². The van der Waals surface area contributed by atoms with Gasteiger partial charge in [-0.2, -0.15) is 0 Å². The van der Waals surface area contributed by atoms with Crippen molar-refractivity contribution in [1.29, 1.82) is 0 Å². The second-order valence-corrected chi connectivity index (χ2v) is 7.30. The Morgan fingerprint density at radius 1 is 0.952 bits per heavy atom. The van der Waals surface area contributed by atoms with E-state index >= 15 is 0 Å². The van der Waals surface area contributed by atoms with Gasteiger partial charge in [0.25, 0.3) is 0 Å². The zero-order valence-corrected chi connectivity index (χ0v) is 12.9. The van der Waals surface area contributed by atoms with E-state index in [0.29, 0.717) is 6.10 Å². The monoisotopic (exact) mass is 285 g/mol. The second-order valence-electron chi connectivity index (χ2n) is 7.30. The summed E-state index contributed by atoms with van der Waals surface area (Å²) >= 11 is 0. The zero-order valence-electron chi connectivity index (χ0n) is 12.9. The number of likely N-dealkylation sites (tertiary alicyclic amines) is 1. The van der Waals surface area contributed by atoms with Crippen molar-refractivity contribution in [3.05, 3.63) is 35.9 Å². The zero-order chi connectivity index (χ0) is 14.1. The van der Waals surface area contributed by atoms with Gasteiger partial charge in [0.2, 0.25) is 0 Å². The van der Waals surface area contributed by atoms with Crippen LogP contribution in [0.15, 0.2) is 30.3 Å². The Labute approximate surface area is 128 Å². The Kier molecular flexibility index (Phi) is 4.00. The van der Waals surface area contributed by atoms with E-state index in [9.17, 15) is 0 Å². The second kappa shape index (κ2) is 6.10. The first-order valence-electron chi connectivity index (χ1n) is 8.78. The molecule has 0 N–H and O–H groups in total. The molecule has 2 aliphatic carbocycles. The van der Waals surface area contributed by atoms with Crippen molar-refractivity contribution in [2.75, 3.05) is 13.1 Å². The molecule has 2 saturated carbocycles. The summed E-state index contributed by atoms with van der Waals surface area (Å²) < 4.78 is 6.17. The van der Waals surface area contributed by atoms with Crippen molar-refractivity contribution in [3.63, 3.8) is 0 Å². The molecule has 1 heterocycles. The molecule has 21 heavy (non-hydrogen) atoms. The van der Waals surface area contributed by atoms with E-state index in [4.69, 9.17) is 4.74 Å². The molecule has 3 aliphatic rings. The lowest BCUT2D eigenvalue weighted by Gasteiger charge is -2.25. The highest BCUT2D eigenvalue weighted by Gasteiger charge is 2.43. The van der Waals surface area contributed by atoms with Gasteiger partial charge in [-0.1, -0.05) is 43.2 Å². The number of ether oxygens (including phenoxy) is 1. The van der Waals surface area contributed by atoms with Crippen LogP contribution in [-0.4, -0.2) is 30.1 Å². The number of rotatable bonds is 4. The van der Waals surface area contributed by atoms with E-state index in [2.05, 4.69) is 35.2 Å². The lowest BCUT2D eigenvalue weighted by molar-refractivity contribution is 0.0362. The standard InChI is InChI=1S/C19H27NO/c1-2-6-15(7-3-1)14-21-19-10-16-12-20(13-17(16)11-19)18-8-4-5-9-18/h1-3,6-7,16-19H,4-5,8-14H2/t16-,17+,19?. The van der Waals surface area contributed by atoms with Gasteiger partial charge in [0, 0.05) is 19.1 Å². The minimum Gasteiger partial charge on any atom is -0.374 e. The van der Waals surface area contributed by atoms with Crippen molar-refractivity contribution in [2.45, 2.75) is 57.3 Å². The maximum Gasteiger partial charge on any atom is 0.0720 e. The van der Waals surface area contributed by atoms with Gasteiger partial charge in [-0.3, -0.25) is 4.90 Å². The highest BCUT2D eigenvalue weighted by atomic mass is 16.5. The summed E-state index contributed by atoms with van der Waals surface area (Å²) in [6.07, 6.45) is 8.91. The number of nitrogens with zero attached hydrogens (tertiary/aromatic N) is 1. The quantitative estimate of drug-likeness (QED) is 0.833. The minimum atomic E-state index is 0.505. The van der Waals surface area contributed by atoms with Gasteiger partial charge in [0.05, 0.1) is 12.7 Å². The molecule has 0 radical (unpaired) electrons. The Bertz CT molecular complexity index is 440. The van der Waals surface area contributed by atoms with Crippen LogP contribution in [0.2, 0.25) is 0 Å². The third-order valence-electron chi connectivity index (χ3n) is 5.91. The van der Waals surface area contributed by atoms with Gasteiger partial charge < -0.3 is 4.74 Å². The van der Waals surface area contributed by atoms with E-state index in [1.165, 1.54) is 57.2 Å². The van der Waals surface area contributed by atoms with Gasteiger partial charge in [-0.25, -0.2) is 0 Å². The molecule has 0 aromatic heterocycles. The largest absolute Gasteiger partial charge is 0.374 e. The van der Waals surface area contributed by atoms with Crippen LogP contribution in [0.25, 0.3) is 0 Å². The fourth-order valence-corrected chi connectivity index (χ4v) is 4.77. The van der Waals surface area contributed by atoms with Gasteiger partial charge in [0.1, 0.15) is 0 Å². The Morgan fingerprint density at radius 3 is 2.29 bits per heavy atom. The SMILES string of the molecule is c1ccc(COC2C[C@@H]3CN(C4CCCC4)C[C@@H]3C2)cc1. The van der Waals surface area contributed by atoms with E-state index in [-0.39, 0.29) is 0 Å². The molecule has 114 valence electrons. The predicted octanol–water partition coefficient (Wildman–Crippen LogP) is 3.86. The molecule has 4 rings (SSSR count). The highest BCUT2D eigenvalue weighted by molar-refractivity contribution is 5.13. The number of benzene rings is 1. The summed E-state index contributed by atoms with van der Waals surface area (Å²) in [4.78, 5) is 2.80. The maximum atomic E-state index is 6.17. The van der Waals surface area contributed by atoms with Crippen LogP contribution in [0.1, 0.15) is 44.1 Å². The van der Waals surface area contributed by atoms with Gasteiger partial charge in [0.15, 0.2) is 0 Å². The molecule has 1 saturated heterocycles. The van der Waals surface area contributed by atoms with Gasteiger partial charge in [-0.05, 0) is 43.1 Å². The Hall–Kier alpha value is -0.860. The van der Waals surface area contributed by atoms with Gasteiger partial charge >= 0.3 is 0 Å². The predicted molar refractivity (Wildman–Crippen MR) is 85.1 cm³/mol. The van der Waals surface area contributed by atoms with Crippen molar-refractivity contribution >= 4 is 0 Å². The summed E-state index contributed by atoms with van der Waals surface area (Å²) in [7, 11) is 0. The first kappa shape index (κ1) is 13.8. The minimum absolute atomic E-state index is 0.505. The van der Waals surface area contributed by atoms with Crippen LogP contribution >= 0.6 is 0 Å². The van der Waals surface area contributed by atoms with Crippen molar-refractivity contribution in [3.8, 4) is 0 Å². The Morgan fingerprint density at radius 2 is 1.62 bits per heavy atom. The third-order valence-corrected chi connectivity index (χ3v) is 5.91. The lowest BCUT2D eigenvalue weighted by atomic mass is 10.0. The average molecular weight is 285 g/mol. The van der Waals surface area contributed by atoms with Crippen LogP contribution < -0.4 is 0 Å². The molecule has 1 aliphatic heterocycles. The van der Waals surface area contributed by atoms with Crippen LogP contribution in [0.3, 0.4) is 0 Å². The molecule has 0 amide bonds. The summed E-state index contributed by atoms with van der Waals surface area (Å²) in [5, 5.41) is 0. The van der Waals surface area contributed by atoms with E-state index in [0.717, 1.165) is 24.5 Å². The number of fused-ring (bicyclic) bond motifs is 1. The average Bonchev–Trinajstić information content (AvgIpc) is 3.21. The molecule has 1 unspecified atom stereocenters. The van der Waals surface area contributed by atoms with Crippen LogP contribution in [0.5, 0.6) is 0 Å². The fraction of sp³-hybridized carbons (Fsp3) is 0.684. The van der Waals surface area contributed by atoms with Crippen molar-refractivity contribution in [2.24, 2.45) is 11.8 Å². The van der Waals surface area contributed by atoms with Crippen molar-refractivity contribution < 1.29 is 4.74 Å². The Balaban J connectivity index is 1.26. The molecule has 1 aromatic rings. The van der Waals surface area contributed by atoms with Crippen LogP contribution in [-0.2, 0) is 11.3 Å². The third kappa shape index (κ3) is 3.02. The van der Waals surface area contributed by atoms with E-state index in [1.807, 2.05) is 0 Å². The molecule has 0 bridgehead atoms. The number of hydrogen-bond donors (Lipinski definition) is 0. The smallest absolute Gasteiger partial charge is 0.0720 e. The number of hydrogen-bond acceptors (Lipinski definition) is 2. The molecule has 2 nitrogen and oxygen atoms in total. The lowest BCUT2D eigenvalue weighted by Crippen LogP contribution is -2.32. The molecule has 0 spiro atoms. The molecule has 3 atom stereocenters. The first-order valence-corrected chi connectivity index (χ1v) is 8.78. The first-order chi connectivity index (χ1) is 10.4. The highest BCUT2D eigenvalue weighted by Crippen LogP contribution is 2.42. The normalized spacial score (nSPS) is 33.6. The maximum absolute atomic E-state index is 6.17. The topological polar surface area (TPSA) is 12.5 Å². The summed E-state index contributed by atoms with van der Waals surface area (Å²) in [6, 6.07) is 11.5. The summed E-state index contributed by atoms with van der Waals surface area (Å²) in [6.45, 7) is 3.48. The van der Waals surface area contributed by atoms with E-state index < -0.39 is 0 Å². The van der Waals surface area contributed by atoms with Crippen LogP contribution in [0, 0.1) is 11.8 Å². The van der Waals surface area contributed by atoms with Gasteiger partial charge in [-0.15, -0.1) is 0 Å².